The molecule has 1 saturated carbocycles. The quantitative estimate of drug-likeness (QED) is 0.722. The summed E-state index contributed by atoms with van der Waals surface area (Å²) in [5.74, 6) is -1.39. The number of hydrogen-bond acceptors (Lipinski definition) is 7. The van der Waals surface area contributed by atoms with E-state index >= 15 is 0 Å². The number of carbonyl (C=O) groups is 2. The van der Waals surface area contributed by atoms with Crippen molar-refractivity contribution in [2.24, 2.45) is 0 Å². The number of halogens is 3. The van der Waals surface area contributed by atoms with E-state index in [4.69, 9.17) is 0 Å². The molecule has 0 atom stereocenters. The van der Waals surface area contributed by atoms with Crippen molar-refractivity contribution in [2.75, 3.05) is 12.4 Å². The minimum atomic E-state index is -4.83. The standard InChI is InChI=1S/C16H15F3N4O4S/c1-27-13(25)4-9-7-28-15(20-9)21-12(24)6-23-14(26)10(16(17,18)19)5-11(22-23)8-2-3-8/h5,7-8H,2-4,6H2,1H3,(H,20,21,24). The van der Waals surface area contributed by atoms with Crippen LogP contribution >= 0.6 is 11.3 Å². The van der Waals surface area contributed by atoms with Crippen molar-refractivity contribution >= 4 is 28.3 Å². The Morgan fingerprint density at radius 1 is 1.39 bits per heavy atom. The number of aromatic nitrogens is 3. The van der Waals surface area contributed by atoms with Gasteiger partial charge in [-0.05, 0) is 18.9 Å². The van der Waals surface area contributed by atoms with Crippen molar-refractivity contribution in [1.82, 2.24) is 14.8 Å². The number of anilines is 1. The predicted octanol–water partition coefficient (Wildman–Crippen LogP) is 1.95. The monoisotopic (exact) mass is 416 g/mol. The molecular weight excluding hydrogens is 401 g/mol. The fourth-order valence-corrected chi connectivity index (χ4v) is 3.14. The molecule has 2 aromatic heterocycles. The Kier molecular flexibility index (Phi) is 5.49. The molecule has 1 fully saturated rings. The predicted molar refractivity (Wildman–Crippen MR) is 91.9 cm³/mol. The smallest absolute Gasteiger partial charge is 0.421 e. The van der Waals surface area contributed by atoms with Gasteiger partial charge in [0.05, 0.1) is 24.9 Å². The van der Waals surface area contributed by atoms with Gasteiger partial charge in [-0.3, -0.25) is 14.4 Å². The number of alkyl halides is 3. The largest absolute Gasteiger partial charge is 0.469 e. The van der Waals surface area contributed by atoms with Gasteiger partial charge in [0.1, 0.15) is 12.1 Å². The molecule has 1 amide bonds. The van der Waals surface area contributed by atoms with E-state index in [9.17, 15) is 27.6 Å². The Morgan fingerprint density at radius 3 is 2.71 bits per heavy atom. The van der Waals surface area contributed by atoms with E-state index in [1.165, 1.54) is 12.5 Å². The molecule has 0 radical (unpaired) electrons. The molecule has 2 heterocycles. The van der Waals surface area contributed by atoms with Crippen LogP contribution in [0.2, 0.25) is 0 Å². The van der Waals surface area contributed by atoms with Crippen LogP contribution in [0.1, 0.15) is 35.7 Å². The van der Waals surface area contributed by atoms with Gasteiger partial charge in [0.2, 0.25) is 5.91 Å². The third-order valence-corrected chi connectivity index (χ3v) is 4.75. The van der Waals surface area contributed by atoms with E-state index < -0.39 is 35.7 Å². The molecule has 1 aliphatic rings. The first kappa shape index (κ1) is 20.0. The number of nitrogens with zero attached hydrogens (tertiary/aromatic N) is 3. The number of carbonyl (C=O) groups excluding carboxylic acids is 2. The number of nitrogens with one attached hydrogen (secondary N) is 1. The van der Waals surface area contributed by atoms with E-state index in [0.29, 0.717) is 23.2 Å². The molecule has 2 aromatic rings. The molecule has 0 bridgehead atoms. The number of methoxy groups -OCH3 is 1. The fourth-order valence-electron chi connectivity index (χ4n) is 2.41. The summed E-state index contributed by atoms with van der Waals surface area (Å²) in [6.07, 6.45) is -3.53. The molecule has 1 aliphatic carbocycles. The molecule has 0 unspecified atom stereocenters. The van der Waals surface area contributed by atoms with E-state index in [-0.39, 0.29) is 23.2 Å². The Hall–Kier alpha value is -2.76. The average molecular weight is 416 g/mol. The van der Waals surface area contributed by atoms with Crippen LogP contribution in [0.5, 0.6) is 0 Å². The second-order valence-electron chi connectivity index (χ2n) is 6.16. The molecule has 8 nitrogen and oxygen atoms in total. The number of rotatable bonds is 6. The van der Waals surface area contributed by atoms with Crippen LogP contribution in [-0.4, -0.2) is 33.8 Å². The SMILES string of the molecule is COC(=O)Cc1csc(NC(=O)Cn2nc(C3CC3)cc(C(F)(F)F)c2=O)n1. The topological polar surface area (TPSA) is 103 Å². The molecule has 150 valence electrons. The molecule has 0 aliphatic heterocycles. The summed E-state index contributed by atoms with van der Waals surface area (Å²) in [4.78, 5) is 39.5. The van der Waals surface area contributed by atoms with E-state index in [2.05, 4.69) is 20.1 Å². The zero-order valence-corrected chi connectivity index (χ0v) is 15.4. The zero-order valence-electron chi connectivity index (χ0n) is 14.6. The molecular formula is C16H15F3N4O4S. The second-order valence-corrected chi connectivity index (χ2v) is 7.02. The maximum atomic E-state index is 13.1. The number of ether oxygens (including phenoxy) is 1. The lowest BCUT2D eigenvalue weighted by molar-refractivity contribution is -0.140. The Balaban J connectivity index is 1.76. The molecule has 28 heavy (non-hydrogen) atoms. The first-order valence-electron chi connectivity index (χ1n) is 8.17. The van der Waals surface area contributed by atoms with Gasteiger partial charge in [-0.25, -0.2) is 9.67 Å². The van der Waals surface area contributed by atoms with E-state index in [0.717, 1.165) is 17.4 Å². The molecule has 12 heteroatoms. The summed E-state index contributed by atoms with van der Waals surface area (Å²) in [5, 5.41) is 7.98. The van der Waals surface area contributed by atoms with E-state index in [1.54, 1.807) is 0 Å². The zero-order chi connectivity index (χ0) is 20.5. The summed E-state index contributed by atoms with van der Waals surface area (Å²) in [6, 6.07) is 0.758. The summed E-state index contributed by atoms with van der Waals surface area (Å²) < 4.78 is 44.4. The van der Waals surface area contributed by atoms with Gasteiger partial charge in [0.25, 0.3) is 5.56 Å². The normalized spacial score (nSPS) is 14.0. The lowest BCUT2D eigenvalue weighted by atomic mass is 10.2. The summed E-state index contributed by atoms with van der Waals surface area (Å²) in [5.41, 5.74) is -2.20. The average Bonchev–Trinajstić information content (AvgIpc) is 3.37. The molecule has 0 spiro atoms. The van der Waals surface area contributed by atoms with Crippen molar-refractivity contribution in [3.05, 3.63) is 38.8 Å². The van der Waals surface area contributed by atoms with Crippen LogP contribution in [0.25, 0.3) is 0 Å². The molecule has 1 N–H and O–H groups in total. The number of esters is 1. The third-order valence-electron chi connectivity index (χ3n) is 3.94. The van der Waals surface area contributed by atoms with Crippen LogP contribution in [0.3, 0.4) is 0 Å². The van der Waals surface area contributed by atoms with Crippen molar-refractivity contribution in [1.29, 1.82) is 0 Å². The highest BCUT2D eigenvalue weighted by Gasteiger charge is 2.37. The number of hydrogen-bond donors (Lipinski definition) is 1. The lowest BCUT2D eigenvalue weighted by Gasteiger charge is -2.12. The van der Waals surface area contributed by atoms with Gasteiger partial charge < -0.3 is 10.1 Å². The van der Waals surface area contributed by atoms with Crippen molar-refractivity contribution in [3.8, 4) is 0 Å². The van der Waals surface area contributed by atoms with Gasteiger partial charge in [-0.1, -0.05) is 0 Å². The summed E-state index contributed by atoms with van der Waals surface area (Å²) in [6.45, 7) is -0.686. The maximum Gasteiger partial charge on any atom is 0.421 e. The molecule has 0 aromatic carbocycles. The maximum absolute atomic E-state index is 13.1. The molecule has 0 saturated heterocycles. The van der Waals surface area contributed by atoms with Gasteiger partial charge in [0.15, 0.2) is 5.13 Å². The van der Waals surface area contributed by atoms with Gasteiger partial charge in [0, 0.05) is 11.3 Å². The van der Waals surface area contributed by atoms with Crippen LogP contribution < -0.4 is 10.9 Å². The van der Waals surface area contributed by atoms with Crippen molar-refractivity contribution in [3.63, 3.8) is 0 Å². The summed E-state index contributed by atoms with van der Waals surface area (Å²) >= 11 is 1.03. The summed E-state index contributed by atoms with van der Waals surface area (Å²) in [7, 11) is 1.23. The van der Waals surface area contributed by atoms with Crippen molar-refractivity contribution < 1.29 is 27.5 Å². The van der Waals surface area contributed by atoms with E-state index in [1.807, 2.05) is 0 Å². The Morgan fingerprint density at radius 2 is 2.11 bits per heavy atom. The van der Waals surface area contributed by atoms with Crippen LogP contribution in [0, 0.1) is 0 Å². The Labute approximate surface area is 160 Å². The van der Waals surface area contributed by atoms with Crippen molar-refractivity contribution in [2.45, 2.75) is 37.9 Å². The highest BCUT2D eigenvalue weighted by Crippen LogP contribution is 2.40. The minimum Gasteiger partial charge on any atom is -0.469 e. The van der Waals surface area contributed by atoms with Crippen LogP contribution in [0.15, 0.2) is 16.2 Å². The third kappa shape index (κ3) is 4.74. The highest BCUT2D eigenvalue weighted by molar-refractivity contribution is 7.13. The van der Waals surface area contributed by atoms with Gasteiger partial charge >= 0.3 is 12.1 Å². The van der Waals surface area contributed by atoms with Crippen LogP contribution in [0.4, 0.5) is 18.3 Å². The van der Waals surface area contributed by atoms with Gasteiger partial charge in [-0.15, -0.1) is 11.3 Å². The number of amides is 1. The molecule has 3 rings (SSSR count). The van der Waals surface area contributed by atoms with Gasteiger partial charge in [-0.2, -0.15) is 18.3 Å². The second kappa shape index (κ2) is 7.70. The fraction of sp³-hybridized carbons (Fsp3) is 0.438. The lowest BCUT2D eigenvalue weighted by Crippen LogP contribution is -2.35. The minimum absolute atomic E-state index is 0.0811. The highest BCUT2D eigenvalue weighted by atomic mass is 32.1. The first-order chi connectivity index (χ1) is 13.2. The first-order valence-corrected chi connectivity index (χ1v) is 9.05. The van der Waals surface area contributed by atoms with Crippen LogP contribution in [-0.2, 0) is 33.5 Å². The Bertz CT molecular complexity index is 966. The number of thiazole rings is 1.